The third-order valence-electron chi connectivity index (χ3n) is 4.92. The summed E-state index contributed by atoms with van der Waals surface area (Å²) in [6.45, 7) is 0.600. The number of hydrogen-bond donors (Lipinski definition) is 4. The first-order chi connectivity index (χ1) is 14.7. The quantitative estimate of drug-likeness (QED) is 0.370. The molecule has 150 valence electrons. The van der Waals surface area contributed by atoms with Gasteiger partial charge in [0.05, 0.1) is 17.1 Å². The first-order valence-electron chi connectivity index (χ1n) is 9.78. The van der Waals surface area contributed by atoms with Gasteiger partial charge in [0.2, 0.25) is 5.95 Å². The van der Waals surface area contributed by atoms with Crippen molar-refractivity contribution in [3.63, 3.8) is 0 Å². The van der Waals surface area contributed by atoms with E-state index < -0.39 is 6.23 Å². The third-order valence-corrected chi connectivity index (χ3v) is 4.92. The van der Waals surface area contributed by atoms with Crippen molar-refractivity contribution in [3.05, 3.63) is 84.4 Å². The van der Waals surface area contributed by atoms with Gasteiger partial charge in [-0.2, -0.15) is 0 Å². The molecule has 0 saturated heterocycles. The predicted molar refractivity (Wildman–Crippen MR) is 117 cm³/mol. The SMILES string of the molecule is OC(Nc1nc2ccccc2[nH]1)C1=NC(c2cccc(Oc3ccccc3)c2)CN1. The zero-order chi connectivity index (χ0) is 20.3. The van der Waals surface area contributed by atoms with Crippen LogP contribution < -0.4 is 15.4 Å². The summed E-state index contributed by atoms with van der Waals surface area (Å²) >= 11 is 0. The number of nitrogens with zero attached hydrogens (tertiary/aromatic N) is 2. The molecule has 0 saturated carbocycles. The fraction of sp³-hybridized carbons (Fsp3) is 0.130. The van der Waals surface area contributed by atoms with Crippen LogP contribution in [0, 0.1) is 0 Å². The van der Waals surface area contributed by atoms with Crippen molar-refractivity contribution in [1.29, 1.82) is 0 Å². The number of ether oxygens (including phenoxy) is 1. The predicted octanol–water partition coefficient (Wildman–Crippen LogP) is 3.83. The van der Waals surface area contributed by atoms with Crippen LogP contribution in [-0.4, -0.2) is 33.7 Å². The van der Waals surface area contributed by atoms with Gasteiger partial charge in [-0.3, -0.25) is 4.99 Å². The van der Waals surface area contributed by atoms with Crippen LogP contribution in [0.4, 0.5) is 5.95 Å². The number of nitrogens with one attached hydrogen (secondary N) is 3. The monoisotopic (exact) mass is 399 g/mol. The van der Waals surface area contributed by atoms with Crippen molar-refractivity contribution < 1.29 is 9.84 Å². The summed E-state index contributed by atoms with van der Waals surface area (Å²) in [5.41, 5.74) is 2.75. The second-order valence-electron chi connectivity index (χ2n) is 7.05. The topological polar surface area (TPSA) is 94.6 Å². The molecule has 2 atom stereocenters. The van der Waals surface area contributed by atoms with Crippen LogP contribution in [0.5, 0.6) is 11.5 Å². The number of aliphatic imine (C=N–C) groups is 1. The van der Waals surface area contributed by atoms with Crippen LogP contribution >= 0.6 is 0 Å². The average molecular weight is 399 g/mol. The molecule has 7 heteroatoms. The van der Waals surface area contributed by atoms with Crippen molar-refractivity contribution in [2.45, 2.75) is 12.3 Å². The second-order valence-corrected chi connectivity index (χ2v) is 7.05. The van der Waals surface area contributed by atoms with E-state index in [0.717, 1.165) is 28.1 Å². The molecule has 4 aromatic rings. The molecule has 1 aromatic heterocycles. The van der Waals surface area contributed by atoms with Gasteiger partial charge in [-0.25, -0.2) is 4.98 Å². The first kappa shape index (κ1) is 18.2. The number of aromatic amines is 1. The van der Waals surface area contributed by atoms with Gasteiger partial charge in [0, 0.05) is 6.54 Å². The van der Waals surface area contributed by atoms with Gasteiger partial charge in [0.25, 0.3) is 0 Å². The van der Waals surface area contributed by atoms with Crippen LogP contribution in [0.25, 0.3) is 11.0 Å². The van der Waals surface area contributed by atoms with E-state index in [1.165, 1.54) is 0 Å². The Morgan fingerprint density at radius 2 is 1.77 bits per heavy atom. The number of fused-ring (bicyclic) bond motifs is 1. The van der Waals surface area contributed by atoms with Gasteiger partial charge in [-0.05, 0) is 42.0 Å². The van der Waals surface area contributed by atoms with Crippen molar-refractivity contribution in [3.8, 4) is 11.5 Å². The standard InChI is InChI=1S/C23H21N5O2/c29-22(28-23-26-18-11-4-5-12-19(18)27-23)21-24-14-20(25-21)15-7-6-10-17(13-15)30-16-8-2-1-3-9-16/h1-13,20,22,29H,14H2,(H,24,25)(H2,26,27,28). The minimum absolute atomic E-state index is 0.105. The highest BCUT2D eigenvalue weighted by molar-refractivity contribution is 5.90. The fourth-order valence-electron chi connectivity index (χ4n) is 3.45. The highest BCUT2D eigenvalue weighted by atomic mass is 16.5. The molecule has 0 amide bonds. The molecule has 5 rings (SSSR count). The summed E-state index contributed by atoms with van der Waals surface area (Å²) in [6, 6.07) is 25.1. The highest BCUT2D eigenvalue weighted by Gasteiger charge is 2.24. The van der Waals surface area contributed by atoms with Crippen molar-refractivity contribution in [2.24, 2.45) is 4.99 Å². The number of aromatic nitrogens is 2. The summed E-state index contributed by atoms with van der Waals surface area (Å²) in [7, 11) is 0. The van der Waals surface area contributed by atoms with Gasteiger partial charge in [-0.1, -0.05) is 42.5 Å². The summed E-state index contributed by atoms with van der Waals surface area (Å²) in [4.78, 5) is 12.2. The maximum atomic E-state index is 10.6. The number of para-hydroxylation sites is 3. The number of H-pyrrole nitrogens is 1. The van der Waals surface area contributed by atoms with E-state index in [1.807, 2.05) is 78.9 Å². The van der Waals surface area contributed by atoms with E-state index in [4.69, 9.17) is 4.74 Å². The molecular weight excluding hydrogens is 378 g/mol. The van der Waals surface area contributed by atoms with Crippen LogP contribution in [-0.2, 0) is 0 Å². The first-order valence-corrected chi connectivity index (χ1v) is 9.78. The minimum Gasteiger partial charge on any atom is -0.457 e. The maximum absolute atomic E-state index is 10.6. The normalized spacial score (nSPS) is 16.7. The lowest BCUT2D eigenvalue weighted by atomic mass is 10.1. The van der Waals surface area contributed by atoms with Gasteiger partial charge in [0.1, 0.15) is 17.3 Å². The molecule has 2 unspecified atom stereocenters. The molecule has 0 spiro atoms. The average Bonchev–Trinajstić information content (AvgIpc) is 3.42. The Bertz CT molecular complexity index is 1160. The van der Waals surface area contributed by atoms with Gasteiger partial charge in [-0.15, -0.1) is 0 Å². The Morgan fingerprint density at radius 1 is 0.967 bits per heavy atom. The number of anilines is 1. The zero-order valence-corrected chi connectivity index (χ0v) is 16.1. The molecule has 0 aliphatic carbocycles. The molecule has 30 heavy (non-hydrogen) atoms. The number of amidine groups is 1. The molecule has 0 bridgehead atoms. The highest BCUT2D eigenvalue weighted by Crippen LogP contribution is 2.27. The van der Waals surface area contributed by atoms with Crippen molar-refractivity contribution in [1.82, 2.24) is 15.3 Å². The zero-order valence-electron chi connectivity index (χ0n) is 16.1. The molecule has 4 N–H and O–H groups in total. The van der Waals surface area contributed by atoms with Crippen LogP contribution in [0.1, 0.15) is 11.6 Å². The van der Waals surface area contributed by atoms with Crippen LogP contribution in [0.15, 0.2) is 83.9 Å². The second kappa shape index (κ2) is 7.88. The van der Waals surface area contributed by atoms with Crippen LogP contribution in [0.2, 0.25) is 0 Å². The Labute approximate surface area is 173 Å². The lowest BCUT2D eigenvalue weighted by molar-refractivity contribution is 0.266. The molecular formula is C23H21N5O2. The molecule has 1 aliphatic rings. The largest absolute Gasteiger partial charge is 0.457 e. The molecule has 3 aromatic carbocycles. The van der Waals surface area contributed by atoms with E-state index in [0.29, 0.717) is 18.3 Å². The molecule has 2 heterocycles. The number of benzene rings is 3. The molecule has 1 aliphatic heterocycles. The van der Waals surface area contributed by atoms with E-state index >= 15 is 0 Å². The van der Waals surface area contributed by atoms with Gasteiger partial charge >= 0.3 is 0 Å². The Kier molecular flexibility index (Phi) is 4.78. The molecule has 7 nitrogen and oxygen atoms in total. The number of aliphatic hydroxyl groups is 1. The summed E-state index contributed by atoms with van der Waals surface area (Å²) in [6.07, 6.45) is -0.987. The Morgan fingerprint density at radius 3 is 2.63 bits per heavy atom. The van der Waals surface area contributed by atoms with E-state index in [9.17, 15) is 5.11 Å². The Balaban J connectivity index is 1.29. The maximum Gasteiger partial charge on any atom is 0.203 e. The number of hydrogen-bond acceptors (Lipinski definition) is 6. The molecule has 0 radical (unpaired) electrons. The summed E-state index contributed by atoms with van der Waals surface area (Å²) in [5, 5.41) is 16.7. The van der Waals surface area contributed by atoms with E-state index in [1.54, 1.807) is 0 Å². The minimum atomic E-state index is -0.987. The van der Waals surface area contributed by atoms with E-state index in [2.05, 4.69) is 25.6 Å². The van der Waals surface area contributed by atoms with Gasteiger partial charge in [0.15, 0.2) is 6.23 Å². The van der Waals surface area contributed by atoms with E-state index in [-0.39, 0.29) is 6.04 Å². The lowest BCUT2D eigenvalue weighted by Gasteiger charge is -2.11. The van der Waals surface area contributed by atoms with Crippen LogP contribution in [0.3, 0.4) is 0 Å². The number of rotatable bonds is 6. The Hall–Kier alpha value is -3.84. The summed E-state index contributed by atoms with van der Waals surface area (Å²) in [5.74, 6) is 2.52. The molecule has 0 fully saturated rings. The smallest absolute Gasteiger partial charge is 0.203 e. The lowest BCUT2D eigenvalue weighted by Crippen LogP contribution is -2.37. The van der Waals surface area contributed by atoms with Crippen molar-refractivity contribution >= 4 is 22.8 Å². The number of imidazole rings is 1. The summed E-state index contributed by atoms with van der Waals surface area (Å²) < 4.78 is 5.92. The fourth-order valence-corrected chi connectivity index (χ4v) is 3.45. The van der Waals surface area contributed by atoms with Gasteiger partial charge < -0.3 is 25.5 Å². The number of aliphatic hydroxyl groups excluding tert-OH is 1. The third kappa shape index (κ3) is 3.83. The van der Waals surface area contributed by atoms with Crippen molar-refractivity contribution in [2.75, 3.05) is 11.9 Å².